The summed E-state index contributed by atoms with van der Waals surface area (Å²) in [4.78, 5) is 42.6. The molecule has 180 valence electrons. The lowest BCUT2D eigenvalue weighted by atomic mass is 10.1. The second-order valence-electron chi connectivity index (χ2n) is 8.22. The van der Waals surface area contributed by atoms with Crippen LogP contribution in [0.4, 0.5) is 16.4 Å². The van der Waals surface area contributed by atoms with E-state index in [1.165, 1.54) is 13.0 Å². The highest BCUT2D eigenvalue weighted by molar-refractivity contribution is 6.04. The molecule has 10 heteroatoms. The zero-order valence-corrected chi connectivity index (χ0v) is 19.5. The zero-order valence-electron chi connectivity index (χ0n) is 19.5. The van der Waals surface area contributed by atoms with Gasteiger partial charge in [-0.25, -0.2) is 9.78 Å². The van der Waals surface area contributed by atoms with Gasteiger partial charge in [-0.2, -0.15) is 5.26 Å². The van der Waals surface area contributed by atoms with Gasteiger partial charge in [-0.3, -0.25) is 19.8 Å². The molecule has 1 N–H and O–H groups in total. The average molecular weight is 476 g/mol. The van der Waals surface area contributed by atoms with Crippen molar-refractivity contribution in [1.29, 1.82) is 5.26 Å². The molecule has 0 saturated carbocycles. The number of nitriles is 1. The van der Waals surface area contributed by atoms with E-state index in [9.17, 15) is 14.4 Å². The number of anilines is 2. The van der Waals surface area contributed by atoms with Gasteiger partial charge in [-0.05, 0) is 49.7 Å². The smallest absolute Gasteiger partial charge is 0.414 e. The summed E-state index contributed by atoms with van der Waals surface area (Å²) in [5.41, 5.74) is 2.68. The van der Waals surface area contributed by atoms with Crippen LogP contribution in [-0.4, -0.2) is 47.3 Å². The van der Waals surface area contributed by atoms with Crippen LogP contribution in [0.5, 0.6) is 0 Å². The van der Waals surface area contributed by atoms with Crippen LogP contribution in [-0.2, 0) is 14.3 Å². The predicted molar refractivity (Wildman–Crippen MR) is 128 cm³/mol. The molecular formula is C25H25N5O5. The maximum atomic E-state index is 13.0. The Kier molecular flexibility index (Phi) is 6.96. The second-order valence-corrected chi connectivity index (χ2v) is 8.22. The molecule has 1 aromatic heterocycles. The first-order valence-electron chi connectivity index (χ1n) is 11.3. The minimum absolute atomic E-state index is 0.175. The minimum atomic E-state index is -0.411. The fourth-order valence-corrected chi connectivity index (χ4v) is 3.98. The Balaban J connectivity index is 1.70. The van der Waals surface area contributed by atoms with Crippen LogP contribution < -0.4 is 10.2 Å². The zero-order chi connectivity index (χ0) is 24.9. The number of hydrogen-bond acceptors (Lipinski definition) is 7. The Bertz CT molecular complexity index is 1330. The fraction of sp³-hybridized carbons (Fsp3) is 0.320. The summed E-state index contributed by atoms with van der Waals surface area (Å²) in [6, 6.07) is 13.7. The summed E-state index contributed by atoms with van der Waals surface area (Å²) in [6.07, 6.45) is 0.822. The minimum Gasteiger partial charge on any atom is -0.466 e. The Morgan fingerprint density at radius 3 is 2.86 bits per heavy atom. The van der Waals surface area contributed by atoms with Gasteiger partial charge in [0.25, 0.3) is 5.91 Å². The van der Waals surface area contributed by atoms with E-state index in [1.54, 1.807) is 29.2 Å². The number of amides is 2. The quantitative estimate of drug-likeness (QED) is 0.511. The maximum absolute atomic E-state index is 13.0. The molecular weight excluding hydrogens is 450 g/mol. The SMILES string of the molecule is CC(=O)OCCC(C)n1c(NC(=O)c2cccc(C#N)c2)nc2cc(N3CCCOC3=O)ccc21. The van der Waals surface area contributed by atoms with Gasteiger partial charge in [-0.15, -0.1) is 0 Å². The van der Waals surface area contributed by atoms with Crippen molar-refractivity contribution in [2.24, 2.45) is 0 Å². The van der Waals surface area contributed by atoms with Crippen molar-refractivity contribution in [3.63, 3.8) is 0 Å². The third-order valence-corrected chi connectivity index (χ3v) is 5.72. The fourth-order valence-electron chi connectivity index (χ4n) is 3.98. The van der Waals surface area contributed by atoms with Gasteiger partial charge in [0.15, 0.2) is 0 Å². The van der Waals surface area contributed by atoms with Gasteiger partial charge < -0.3 is 14.0 Å². The van der Waals surface area contributed by atoms with Crippen LogP contribution >= 0.6 is 0 Å². The van der Waals surface area contributed by atoms with Gasteiger partial charge in [0.2, 0.25) is 5.95 Å². The number of benzene rings is 2. The number of carbonyl (C=O) groups is 3. The number of fused-ring (bicyclic) bond motifs is 1. The lowest BCUT2D eigenvalue weighted by Crippen LogP contribution is -2.37. The molecule has 1 atom stereocenters. The van der Waals surface area contributed by atoms with Crippen molar-refractivity contribution in [2.45, 2.75) is 32.7 Å². The van der Waals surface area contributed by atoms with Crippen LogP contribution in [0, 0.1) is 11.3 Å². The molecule has 2 heterocycles. The van der Waals surface area contributed by atoms with E-state index < -0.39 is 12.0 Å². The highest BCUT2D eigenvalue weighted by Crippen LogP contribution is 2.30. The van der Waals surface area contributed by atoms with Gasteiger partial charge in [0.1, 0.15) is 0 Å². The first-order chi connectivity index (χ1) is 16.9. The molecule has 0 spiro atoms. The molecule has 1 aliphatic heterocycles. The largest absolute Gasteiger partial charge is 0.466 e. The summed E-state index contributed by atoms with van der Waals surface area (Å²) < 4.78 is 12.1. The predicted octanol–water partition coefficient (Wildman–Crippen LogP) is 4.02. The number of imidazole rings is 1. The Labute approximate surface area is 202 Å². The van der Waals surface area contributed by atoms with E-state index in [0.717, 1.165) is 11.9 Å². The summed E-state index contributed by atoms with van der Waals surface area (Å²) >= 11 is 0. The van der Waals surface area contributed by atoms with Gasteiger partial charge in [-0.1, -0.05) is 6.07 Å². The molecule has 10 nitrogen and oxygen atoms in total. The third kappa shape index (κ3) is 5.24. The van der Waals surface area contributed by atoms with E-state index >= 15 is 0 Å². The number of esters is 1. The van der Waals surface area contributed by atoms with Crippen LogP contribution in [0.15, 0.2) is 42.5 Å². The Morgan fingerprint density at radius 1 is 1.29 bits per heavy atom. The normalized spacial score (nSPS) is 14.2. The molecule has 35 heavy (non-hydrogen) atoms. The highest BCUT2D eigenvalue weighted by Gasteiger charge is 2.24. The second kappa shape index (κ2) is 10.3. The van der Waals surface area contributed by atoms with Crippen LogP contribution in [0.1, 0.15) is 48.7 Å². The number of nitrogens with one attached hydrogen (secondary N) is 1. The Morgan fingerprint density at radius 2 is 2.11 bits per heavy atom. The lowest BCUT2D eigenvalue weighted by Gasteiger charge is -2.26. The maximum Gasteiger partial charge on any atom is 0.414 e. The Hall–Kier alpha value is -4.39. The molecule has 1 fully saturated rings. The van der Waals surface area contributed by atoms with Crippen LogP contribution in [0.3, 0.4) is 0 Å². The average Bonchev–Trinajstić information content (AvgIpc) is 3.21. The topological polar surface area (TPSA) is 127 Å². The highest BCUT2D eigenvalue weighted by atomic mass is 16.6. The molecule has 1 unspecified atom stereocenters. The molecule has 3 aromatic rings. The molecule has 4 rings (SSSR count). The van der Waals surface area contributed by atoms with Gasteiger partial charge in [0.05, 0.1) is 35.9 Å². The van der Waals surface area contributed by atoms with Crippen molar-refractivity contribution in [1.82, 2.24) is 9.55 Å². The molecule has 0 radical (unpaired) electrons. The molecule has 1 aliphatic rings. The van der Waals surface area contributed by atoms with Crippen molar-refractivity contribution >= 4 is 40.6 Å². The monoisotopic (exact) mass is 475 g/mol. The molecule has 0 bridgehead atoms. The summed E-state index contributed by atoms with van der Waals surface area (Å²) in [5.74, 6) is -0.469. The summed E-state index contributed by atoms with van der Waals surface area (Å²) in [7, 11) is 0. The molecule has 2 aromatic carbocycles. The van der Waals surface area contributed by atoms with Crippen molar-refractivity contribution < 1.29 is 23.9 Å². The number of hydrogen-bond donors (Lipinski definition) is 1. The van der Waals surface area contributed by atoms with Crippen LogP contribution in [0.25, 0.3) is 11.0 Å². The van der Waals surface area contributed by atoms with Crippen molar-refractivity contribution in [2.75, 3.05) is 30.0 Å². The molecule has 0 aliphatic carbocycles. The first-order valence-corrected chi connectivity index (χ1v) is 11.3. The number of ether oxygens (including phenoxy) is 2. The van der Waals surface area contributed by atoms with Gasteiger partial charge in [0, 0.05) is 37.2 Å². The van der Waals surface area contributed by atoms with Crippen LogP contribution in [0.2, 0.25) is 0 Å². The van der Waals surface area contributed by atoms with E-state index in [4.69, 9.17) is 14.7 Å². The van der Waals surface area contributed by atoms with Crippen molar-refractivity contribution in [3.05, 3.63) is 53.6 Å². The van der Waals surface area contributed by atoms with Gasteiger partial charge >= 0.3 is 12.1 Å². The van der Waals surface area contributed by atoms with Crippen molar-refractivity contribution in [3.8, 4) is 6.07 Å². The first kappa shape index (κ1) is 23.8. The van der Waals surface area contributed by atoms with E-state index in [1.807, 2.05) is 29.7 Å². The van der Waals surface area contributed by atoms with E-state index in [2.05, 4.69) is 10.3 Å². The number of aromatic nitrogens is 2. The summed E-state index contributed by atoms with van der Waals surface area (Å²) in [5, 5.41) is 12.0. The number of carbonyl (C=O) groups excluding carboxylic acids is 3. The number of rotatable bonds is 7. The summed E-state index contributed by atoms with van der Waals surface area (Å²) in [6.45, 7) is 4.45. The standard InChI is InChI=1S/C25H25N5O5/c1-16(9-12-34-17(2)31)30-22-8-7-20(29-10-4-11-35-25(29)33)14-21(22)27-24(30)28-23(32)19-6-3-5-18(13-19)15-26/h3,5-8,13-14,16H,4,9-12H2,1-2H3,(H,27,28,32). The van der Waals surface area contributed by atoms with E-state index in [-0.39, 0.29) is 18.6 Å². The van der Waals surface area contributed by atoms with E-state index in [0.29, 0.717) is 47.9 Å². The molecule has 1 saturated heterocycles. The number of nitrogens with zero attached hydrogens (tertiary/aromatic N) is 4. The number of cyclic esters (lactones) is 1. The lowest BCUT2D eigenvalue weighted by molar-refractivity contribution is -0.141. The third-order valence-electron chi connectivity index (χ3n) is 5.72. The molecule has 2 amide bonds.